The van der Waals surface area contributed by atoms with Gasteiger partial charge in [-0.3, -0.25) is 9.59 Å². The first-order valence-electron chi connectivity index (χ1n) is 7.22. The third-order valence-electron chi connectivity index (χ3n) is 3.66. The van der Waals surface area contributed by atoms with Gasteiger partial charge in [0, 0.05) is 30.1 Å². The molecular formula is C16H22N2O2. The zero-order valence-electron chi connectivity index (χ0n) is 12.2. The quantitative estimate of drug-likeness (QED) is 0.837. The first-order chi connectivity index (χ1) is 9.54. The number of nitrogens with two attached hydrogens (primary N) is 1. The molecule has 1 amide bonds. The van der Waals surface area contributed by atoms with Gasteiger partial charge in [-0.2, -0.15) is 0 Å². The van der Waals surface area contributed by atoms with Crippen LogP contribution in [0.1, 0.15) is 42.6 Å². The third kappa shape index (κ3) is 2.90. The van der Waals surface area contributed by atoms with Gasteiger partial charge in [0.1, 0.15) is 0 Å². The minimum atomic E-state index is -0.00758. The monoisotopic (exact) mass is 274 g/mol. The Morgan fingerprint density at radius 3 is 2.75 bits per heavy atom. The first kappa shape index (κ1) is 14.7. The van der Waals surface area contributed by atoms with E-state index in [0.717, 1.165) is 23.2 Å². The average molecular weight is 274 g/mol. The van der Waals surface area contributed by atoms with E-state index in [9.17, 15) is 9.59 Å². The van der Waals surface area contributed by atoms with Crippen LogP contribution < -0.4 is 10.6 Å². The summed E-state index contributed by atoms with van der Waals surface area (Å²) in [5.74, 6) is 0.268. The minimum absolute atomic E-state index is 0.00758. The second-order valence-corrected chi connectivity index (χ2v) is 5.55. The molecule has 0 saturated heterocycles. The predicted molar refractivity (Wildman–Crippen MR) is 80.0 cm³/mol. The summed E-state index contributed by atoms with van der Waals surface area (Å²) in [7, 11) is 0. The summed E-state index contributed by atoms with van der Waals surface area (Å²) in [6.45, 7) is 5.07. The molecule has 0 saturated carbocycles. The molecule has 0 radical (unpaired) electrons. The predicted octanol–water partition coefficient (Wildman–Crippen LogP) is 2.15. The van der Waals surface area contributed by atoms with E-state index in [1.54, 1.807) is 0 Å². The summed E-state index contributed by atoms with van der Waals surface area (Å²) < 4.78 is 0. The molecule has 0 aliphatic carbocycles. The number of amides is 1. The molecule has 0 unspecified atom stereocenters. The van der Waals surface area contributed by atoms with Crippen molar-refractivity contribution in [3.63, 3.8) is 0 Å². The molecule has 0 aromatic heterocycles. The van der Waals surface area contributed by atoms with Crippen molar-refractivity contribution in [2.24, 2.45) is 11.7 Å². The lowest BCUT2D eigenvalue weighted by Crippen LogP contribution is -2.32. The molecule has 0 fully saturated rings. The van der Waals surface area contributed by atoms with Gasteiger partial charge in [-0.05, 0) is 43.1 Å². The third-order valence-corrected chi connectivity index (χ3v) is 3.66. The van der Waals surface area contributed by atoms with Gasteiger partial charge in [0.25, 0.3) is 0 Å². The molecule has 2 N–H and O–H groups in total. The zero-order valence-corrected chi connectivity index (χ0v) is 12.2. The number of anilines is 1. The van der Waals surface area contributed by atoms with Crippen LogP contribution >= 0.6 is 0 Å². The lowest BCUT2D eigenvalue weighted by molar-refractivity contribution is -0.121. The lowest BCUT2D eigenvalue weighted by atomic mass is 10.0. The average Bonchev–Trinajstić information content (AvgIpc) is 2.86. The minimum Gasteiger partial charge on any atom is -0.330 e. The Morgan fingerprint density at radius 1 is 1.35 bits per heavy atom. The Labute approximate surface area is 119 Å². The number of Topliss-reactive ketones (excluding diaryl/α,β-unsaturated/α-hetero) is 1. The van der Waals surface area contributed by atoms with E-state index in [1.807, 2.05) is 36.9 Å². The molecule has 0 atom stereocenters. The van der Waals surface area contributed by atoms with E-state index in [4.69, 9.17) is 5.73 Å². The van der Waals surface area contributed by atoms with E-state index in [0.29, 0.717) is 25.9 Å². The standard InChI is InChI=1S/C16H22N2O2/c1-11(2)16(20)18-9-7-12-10-13(5-6-14(12)18)15(19)4-3-8-17/h5-6,10-11H,3-4,7-9,17H2,1-2H3. The lowest BCUT2D eigenvalue weighted by Gasteiger charge is -2.19. The Kier molecular flexibility index (Phi) is 4.55. The Balaban J connectivity index is 2.18. The highest BCUT2D eigenvalue weighted by Crippen LogP contribution is 2.30. The molecule has 0 bridgehead atoms. The van der Waals surface area contributed by atoms with E-state index in [2.05, 4.69) is 0 Å². The molecular weight excluding hydrogens is 252 g/mol. The first-order valence-corrected chi connectivity index (χ1v) is 7.22. The molecule has 1 heterocycles. The van der Waals surface area contributed by atoms with Gasteiger partial charge < -0.3 is 10.6 Å². The van der Waals surface area contributed by atoms with Gasteiger partial charge in [0.2, 0.25) is 5.91 Å². The second-order valence-electron chi connectivity index (χ2n) is 5.55. The van der Waals surface area contributed by atoms with Crippen LogP contribution in [0.3, 0.4) is 0 Å². The summed E-state index contributed by atoms with van der Waals surface area (Å²) in [5, 5.41) is 0. The smallest absolute Gasteiger partial charge is 0.229 e. The Bertz CT molecular complexity index is 523. The van der Waals surface area contributed by atoms with Gasteiger partial charge in [0.05, 0.1) is 0 Å². The summed E-state index contributed by atoms with van der Waals surface area (Å²) in [4.78, 5) is 25.9. The Hall–Kier alpha value is -1.68. The molecule has 20 heavy (non-hydrogen) atoms. The van der Waals surface area contributed by atoms with E-state index in [1.165, 1.54) is 0 Å². The van der Waals surface area contributed by atoms with Crippen molar-refractivity contribution in [1.82, 2.24) is 0 Å². The van der Waals surface area contributed by atoms with Gasteiger partial charge in [-0.1, -0.05) is 13.8 Å². The van der Waals surface area contributed by atoms with Crippen molar-refractivity contribution < 1.29 is 9.59 Å². The van der Waals surface area contributed by atoms with Gasteiger partial charge in [-0.25, -0.2) is 0 Å². The van der Waals surface area contributed by atoms with Crippen LogP contribution in [0.5, 0.6) is 0 Å². The van der Waals surface area contributed by atoms with Crippen LogP contribution in [0.4, 0.5) is 5.69 Å². The van der Waals surface area contributed by atoms with Crippen LogP contribution in [0.2, 0.25) is 0 Å². The molecule has 1 aliphatic heterocycles. The second kappa shape index (κ2) is 6.18. The number of fused-ring (bicyclic) bond motifs is 1. The summed E-state index contributed by atoms with van der Waals surface area (Å²) in [6, 6.07) is 5.66. The van der Waals surface area contributed by atoms with Gasteiger partial charge in [-0.15, -0.1) is 0 Å². The van der Waals surface area contributed by atoms with Crippen LogP contribution in [-0.4, -0.2) is 24.8 Å². The van der Waals surface area contributed by atoms with E-state index < -0.39 is 0 Å². The topological polar surface area (TPSA) is 63.4 Å². The number of hydrogen-bond donors (Lipinski definition) is 1. The van der Waals surface area contributed by atoms with Crippen molar-refractivity contribution in [3.05, 3.63) is 29.3 Å². The summed E-state index contributed by atoms with van der Waals surface area (Å²) in [5.41, 5.74) is 8.21. The fourth-order valence-electron chi connectivity index (χ4n) is 2.52. The number of carbonyl (C=O) groups is 2. The van der Waals surface area contributed by atoms with Crippen LogP contribution in [0, 0.1) is 5.92 Å². The number of hydrogen-bond acceptors (Lipinski definition) is 3. The molecule has 108 valence electrons. The molecule has 4 nitrogen and oxygen atoms in total. The summed E-state index contributed by atoms with van der Waals surface area (Å²) in [6.07, 6.45) is 2.03. The van der Waals surface area contributed by atoms with Crippen molar-refractivity contribution in [2.45, 2.75) is 33.1 Å². The maximum atomic E-state index is 12.1. The highest BCUT2D eigenvalue weighted by atomic mass is 16.2. The normalized spacial score (nSPS) is 13.7. The fraction of sp³-hybridized carbons (Fsp3) is 0.500. The number of carbonyl (C=O) groups excluding carboxylic acids is 2. The molecule has 1 aromatic rings. The van der Waals surface area contributed by atoms with Gasteiger partial charge in [0.15, 0.2) is 5.78 Å². The molecule has 0 spiro atoms. The molecule has 1 aliphatic rings. The number of ketones is 1. The van der Waals surface area contributed by atoms with Crippen molar-refractivity contribution in [2.75, 3.05) is 18.0 Å². The van der Waals surface area contributed by atoms with E-state index >= 15 is 0 Å². The molecule has 4 heteroatoms. The fourth-order valence-corrected chi connectivity index (χ4v) is 2.52. The molecule has 2 rings (SSSR count). The van der Waals surface area contributed by atoms with Crippen molar-refractivity contribution in [3.8, 4) is 0 Å². The Morgan fingerprint density at radius 2 is 2.10 bits per heavy atom. The van der Waals surface area contributed by atoms with Crippen LogP contribution in [-0.2, 0) is 11.2 Å². The van der Waals surface area contributed by atoms with E-state index in [-0.39, 0.29) is 17.6 Å². The SMILES string of the molecule is CC(C)C(=O)N1CCc2cc(C(=O)CCCN)ccc21. The zero-order chi connectivity index (χ0) is 14.7. The maximum Gasteiger partial charge on any atom is 0.229 e. The summed E-state index contributed by atoms with van der Waals surface area (Å²) >= 11 is 0. The largest absolute Gasteiger partial charge is 0.330 e. The van der Waals surface area contributed by atoms with Gasteiger partial charge >= 0.3 is 0 Å². The van der Waals surface area contributed by atoms with Crippen LogP contribution in [0.25, 0.3) is 0 Å². The number of nitrogens with zero attached hydrogens (tertiary/aromatic N) is 1. The van der Waals surface area contributed by atoms with Crippen molar-refractivity contribution >= 4 is 17.4 Å². The maximum absolute atomic E-state index is 12.1. The number of rotatable bonds is 5. The highest BCUT2D eigenvalue weighted by Gasteiger charge is 2.26. The van der Waals surface area contributed by atoms with Crippen molar-refractivity contribution in [1.29, 1.82) is 0 Å². The van der Waals surface area contributed by atoms with Crippen LogP contribution in [0.15, 0.2) is 18.2 Å². The highest BCUT2D eigenvalue weighted by molar-refractivity contribution is 5.99. The number of benzene rings is 1. The molecule has 1 aromatic carbocycles.